The summed E-state index contributed by atoms with van der Waals surface area (Å²) in [5, 5.41) is 3.16. The largest absolute Gasteiger partial charge is 0.380 e. The molecule has 1 aliphatic heterocycles. The third-order valence-corrected chi connectivity index (χ3v) is 3.12. The standard InChI is InChI=1S/C12H21N5O/c1-3-14-10-7-11(16-12(13)15-10)17-6-4-5-9(8-17)18-2/h7,9H,3-6,8H2,1-2H3,(H3,13,14,15,16). The first kappa shape index (κ1) is 12.9. The summed E-state index contributed by atoms with van der Waals surface area (Å²) in [5.41, 5.74) is 5.74. The zero-order valence-electron chi connectivity index (χ0n) is 11.0. The summed E-state index contributed by atoms with van der Waals surface area (Å²) in [6, 6.07) is 1.94. The van der Waals surface area contributed by atoms with Gasteiger partial charge in [-0.25, -0.2) is 0 Å². The molecule has 1 fully saturated rings. The Hall–Kier alpha value is -1.56. The highest BCUT2D eigenvalue weighted by atomic mass is 16.5. The molecule has 1 aromatic rings. The predicted octanol–water partition coefficient (Wildman–Crippen LogP) is 1.11. The van der Waals surface area contributed by atoms with Gasteiger partial charge in [0.05, 0.1) is 6.10 Å². The van der Waals surface area contributed by atoms with Gasteiger partial charge in [-0.3, -0.25) is 0 Å². The van der Waals surface area contributed by atoms with E-state index in [4.69, 9.17) is 10.5 Å². The van der Waals surface area contributed by atoms with E-state index in [0.717, 1.165) is 44.1 Å². The Morgan fingerprint density at radius 2 is 2.39 bits per heavy atom. The van der Waals surface area contributed by atoms with Crippen LogP contribution >= 0.6 is 0 Å². The van der Waals surface area contributed by atoms with Gasteiger partial charge >= 0.3 is 0 Å². The van der Waals surface area contributed by atoms with Crippen LogP contribution in [-0.4, -0.2) is 42.8 Å². The number of ether oxygens (including phenoxy) is 1. The first-order valence-electron chi connectivity index (χ1n) is 6.39. The first-order valence-corrected chi connectivity index (χ1v) is 6.39. The Kier molecular flexibility index (Phi) is 4.19. The topological polar surface area (TPSA) is 76.3 Å². The average molecular weight is 251 g/mol. The summed E-state index contributed by atoms with van der Waals surface area (Å²) in [7, 11) is 1.76. The van der Waals surface area contributed by atoms with Crippen molar-refractivity contribution in [2.24, 2.45) is 0 Å². The lowest BCUT2D eigenvalue weighted by atomic mass is 10.1. The lowest BCUT2D eigenvalue weighted by molar-refractivity contribution is 0.0891. The third kappa shape index (κ3) is 3.01. The second-order valence-corrected chi connectivity index (χ2v) is 4.45. The van der Waals surface area contributed by atoms with Crippen LogP contribution in [0, 0.1) is 0 Å². The molecule has 0 amide bonds. The number of nitrogens with zero attached hydrogens (tertiary/aromatic N) is 3. The van der Waals surface area contributed by atoms with Gasteiger partial charge < -0.3 is 20.7 Å². The second-order valence-electron chi connectivity index (χ2n) is 4.45. The van der Waals surface area contributed by atoms with Crippen LogP contribution < -0.4 is 16.0 Å². The van der Waals surface area contributed by atoms with Gasteiger partial charge in [0.2, 0.25) is 5.95 Å². The van der Waals surface area contributed by atoms with Crippen LogP contribution in [0.1, 0.15) is 19.8 Å². The zero-order valence-corrected chi connectivity index (χ0v) is 11.0. The van der Waals surface area contributed by atoms with Gasteiger partial charge in [-0.15, -0.1) is 0 Å². The molecule has 1 saturated heterocycles. The average Bonchev–Trinajstić information content (AvgIpc) is 2.38. The number of nitrogens with one attached hydrogen (secondary N) is 1. The Labute approximate surface area is 108 Å². The van der Waals surface area contributed by atoms with Crippen LogP contribution in [0.25, 0.3) is 0 Å². The molecule has 0 aliphatic carbocycles. The van der Waals surface area contributed by atoms with E-state index in [2.05, 4.69) is 20.2 Å². The zero-order chi connectivity index (χ0) is 13.0. The van der Waals surface area contributed by atoms with Crippen LogP contribution in [0.2, 0.25) is 0 Å². The van der Waals surface area contributed by atoms with Gasteiger partial charge in [0, 0.05) is 32.8 Å². The van der Waals surface area contributed by atoms with Crippen molar-refractivity contribution >= 4 is 17.6 Å². The summed E-state index contributed by atoms with van der Waals surface area (Å²) in [6.07, 6.45) is 2.49. The molecule has 0 spiro atoms. The van der Waals surface area contributed by atoms with Crippen LogP contribution in [0.4, 0.5) is 17.6 Å². The van der Waals surface area contributed by atoms with E-state index in [1.54, 1.807) is 7.11 Å². The summed E-state index contributed by atoms with van der Waals surface area (Å²) in [6.45, 7) is 4.69. The van der Waals surface area contributed by atoms with E-state index in [9.17, 15) is 0 Å². The summed E-state index contributed by atoms with van der Waals surface area (Å²) in [5.74, 6) is 1.96. The number of nitrogens with two attached hydrogens (primary N) is 1. The quantitative estimate of drug-likeness (QED) is 0.834. The SMILES string of the molecule is CCNc1cc(N2CCCC(OC)C2)nc(N)n1. The number of hydrogen-bond acceptors (Lipinski definition) is 6. The molecule has 1 aliphatic rings. The maximum Gasteiger partial charge on any atom is 0.223 e. The highest BCUT2D eigenvalue weighted by molar-refractivity contribution is 5.52. The smallest absolute Gasteiger partial charge is 0.223 e. The number of anilines is 3. The molecular weight excluding hydrogens is 230 g/mol. The normalized spacial score (nSPS) is 19.9. The van der Waals surface area contributed by atoms with Crippen molar-refractivity contribution < 1.29 is 4.74 Å². The van der Waals surface area contributed by atoms with Gasteiger partial charge in [0.25, 0.3) is 0 Å². The number of rotatable bonds is 4. The molecule has 0 radical (unpaired) electrons. The highest BCUT2D eigenvalue weighted by Crippen LogP contribution is 2.22. The fraction of sp³-hybridized carbons (Fsp3) is 0.667. The molecule has 0 aromatic carbocycles. The molecule has 18 heavy (non-hydrogen) atoms. The minimum atomic E-state index is 0.275. The van der Waals surface area contributed by atoms with Crippen LogP contribution in [0.5, 0.6) is 0 Å². The Balaban J connectivity index is 2.16. The molecule has 1 unspecified atom stereocenters. The summed E-state index contributed by atoms with van der Waals surface area (Å²) >= 11 is 0. The highest BCUT2D eigenvalue weighted by Gasteiger charge is 2.21. The maximum absolute atomic E-state index is 5.74. The molecular formula is C12H21N5O. The Bertz CT molecular complexity index is 398. The number of nitrogen functional groups attached to an aromatic ring is 1. The lowest BCUT2D eigenvalue weighted by Crippen LogP contribution is -2.39. The molecule has 100 valence electrons. The number of methoxy groups -OCH3 is 1. The van der Waals surface area contributed by atoms with Crippen molar-refractivity contribution in [1.29, 1.82) is 0 Å². The fourth-order valence-electron chi connectivity index (χ4n) is 2.22. The molecule has 0 saturated carbocycles. The number of aromatic nitrogens is 2. The number of piperidine rings is 1. The summed E-state index contributed by atoms with van der Waals surface area (Å²) in [4.78, 5) is 10.7. The Morgan fingerprint density at radius 3 is 3.11 bits per heavy atom. The predicted molar refractivity (Wildman–Crippen MR) is 72.9 cm³/mol. The van der Waals surface area contributed by atoms with E-state index >= 15 is 0 Å². The van der Waals surface area contributed by atoms with E-state index in [0.29, 0.717) is 5.95 Å². The van der Waals surface area contributed by atoms with E-state index in [-0.39, 0.29) is 6.10 Å². The van der Waals surface area contributed by atoms with Crippen molar-refractivity contribution in [3.63, 3.8) is 0 Å². The molecule has 3 N–H and O–H groups in total. The summed E-state index contributed by atoms with van der Waals surface area (Å²) < 4.78 is 5.42. The molecule has 1 atom stereocenters. The molecule has 6 heteroatoms. The van der Waals surface area contributed by atoms with Gasteiger partial charge in [0.1, 0.15) is 11.6 Å². The molecule has 2 rings (SSSR count). The second kappa shape index (κ2) is 5.86. The van der Waals surface area contributed by atoms with Crippen LogP contribution in [0.15, 0.2) is 6.07 Å². The van der Waals surface area contributed by atoms with E-state index in [1.165, 1.54) is 0 Å². The molecule has 2 heterocycles. The minimum Gasteiger partial charge on any atom is -0.380 e. The Morgan fingerprint density at radius 1 is 1.56 bits per heavy atom. The van der Waals surface area contributed by atoms with Crippen LogP contribution in [0.3, 0.4) is 0 Å². The van der Waals surface area contributed by atoms with Gasteiger partial charge in [-0.05, 0) is 19.8 Å². The van der Waals surface area contributed by atoms with Crippen molar-refractivity contribution in [2.75, 3.05) is 42.7 Å². The fourth-order valence-corrected chi connectivity index (χ4v) is 2.22. The molecule has 6 nitrogen and oxygen atoms in total. The monoisotopic (exact) mass is 251 g/mol. The van der Waals surface area contributed by atoms with E-state index in [1.807, 2.05) is 13.0 Å². The van der Waals surface area contributed by atoms with Crippen LogP contribution in [-0.2, 0) is 4.74 Å². The lowest BCUT2D eigenvalue weighted by Gasteiger charge is -2.32. The molecule has 1 aromatic heterocycles. The third-order valence-electron chi connectivity index (χ3n) is 3.12. The van der Waals surface area contributed by atoms with Crippen molar-refractivity contribution in [3.05, 3.63) is 6.07 Å². The van der Waals surface area contributed by atoms with Crippen molar-refractivity contribution in [1.82, 2.24) is 9.97 Å². The van der Waals surface area contributed by atoms with E-state index < -0.39 is 0 Å². The van der Waals surface area contributed by atoms with Gasteiger partial charge in [-0.1, -0.05) is 0 Å². The van der Waals surface area contributed by atoms with Gasteiger partial charge in [-0.2, -0.15) is 9.97 Å². The number of hydrogen-bond donors (Lipinski definition) is 2. The maximum atomic E-state index is 5.74. The van der Waals surface area contributed by atoms with Crippen molar-refractivity contribution in [3.8, 4) is 0 Å². The minimum absolute atomic E-state index is 0.275. The first-order chi connectivity index (χ1) is 8.72. The van der Waals surface area contributed by atoms with Gasteiger partial charge in [0.15, 0.2) is 0 Å². The van der Waals surface area contributed by atoms with Crippen molar-refractivity contribution in [2.45, 2.75) is 25.9 Å². The molecule has 0 bridgehead atoms.